The monoisotopic (exact) mass is 449 g/mol. The van der Waals surface area contributed by atoms with E-state index in [1.807, 2.05) is 37.3 Å². The molecule has 0 saturated heterocycles. The minimum atomic E-state index is -0.381. The maximum absolute atomic E-state index is 12.6. The number of aryl methyl sites for hydroxylation is 1. The van der Waals surface area contributed by atoms with E-state index >= 15 is 0 Å². The highest BCUT2D eigenvalue weighted by Crippen LogP contribution is 2.36. The van der Waals surface area contributed by atoms with Crippen LogP contribution in [0.15, 0.2) is 60.7 Å². The highest BCUT2D eigenvalue weighted by molar-refractivity contribution is 7.80. The third-order valence-corrected chi connectivity index (χ3v) is 5.94. The summed E-state index contributed by atoms with van der Waals surface area (Å²) < 4.78 is 6.38. The molecule has 0 saturated carbocycles. The molecule has 1 aromatic heterocycles. The number of aromatic hydroxyl groups is 1. The van der Waals surface area contributed by atoms with Crippen LogP contribution in [-0.4, -0.2) is 28.2 Å². The number of phenolic OH excluding ortho intramolecular Hbond substituents is 1. The molecule has 8 heteroatoms. The Balaban J connectivity index is 1.48. The number of thiazole rings is 1. The number of nitrogens with zero attached hydrogens (tertiary/aromatic N) is 1. The molecule has 6 nitrogen and oxygen atoms in total. The molecule has 3 aromatic carbocycles. The number of para-hydroxylation sites is 2. The maximum Gasteiger partial charge on any atom is 0.261 e. The topological polar surface area (TPSA) is 83.5 Å². The molecular formula is C23H19N3O3S2. The standard InChI is InChI=1S/C23H19N3O3S2/c1-13-6-5-7-16(20(13)29-2)21(28)26-23(30)24-14-10-11-15(18(27)12-14)22-25-17-8-3-4-9-19(17)31-22/h3-12,27H,1-2H3,(H2,24,26,28,30). The zero-order chi connectivity index (χ0) is 22.0. The highest BCUT2D eigenvalue weighted by atomic mass is 32.1. The van der Waals surface area contributed by atoms with Crippen molar-refractivity contribution < 1.29 is 14.6 Å². The van der Waals surface area contributed by atoms with Gasteiger partial charge in [-0.25, -0.2) is 4.98 Å². The SMILES string of the molecule is COc1c(C)cccc1C(=O)NC(=S)Nc1ccc(-c2nc3ccccc3s2)c(O)c1. The second kappa shape index (κ2) is 8.71. The van der Waals surface area contributed by atoms with E-state index in [4.69, 9.17) is 17.0 Å². The van der Waals surface area contributed by atoms with E-state index in [1.54, 1.807) is 30.3 Å². The number of benzene rings is 3. The molecule has 0 bridgehead atoms. The lowest BCUT2D eigenvalue weighted by molar-refractivity contribution is 0.0974. The van der Waals surface area contributed by atoms with Gasteiger partial charge in [-0.1, -0.05) is 24.3 Å². The number of thiocarbonyl (C=S) groups is 1. The lowest BCUT2D eigenvalue weighted by Crippen LogP contribution is -2.34. The summed E-state index contributed by atoms with van der Waals surface area (Å²) in [6.45, 7) is 1.86. The second-order valence-electron chi connectivity index (χ2n) is 6.78. The number of methoxy groups -OCH3 is 1. The second-order valence-corrected chi connectivity index (χ2v) is 8.22. The first-order chi connectivity index (χ1) is 15.0. The van der Waals surface area contributed by atoms with Crippen molar-refractivity contribution in [3.8, 4) is 22.1 Å². The van der Waals surface area contributed by atoms with Gasteiger partial charge in [0.25, 0.3) is 5.91 Å². The first kappa shape index (κ1) is 20.8. The predicted molar refractivity (Wildman–Crippen MR) is 128 cm³/mol. The van der Waals surface area contributed by atoms with Crippen LogP contribution in [0.25, 0.3) is 20.8 Å². The average Bonchev–Trinajstić information content (AvgIpc) is 3.17. The fraction of sp³-hybridized carbons (Fsp3) is 0.0870. The van der Waals surface area contributed by atoms with Gasteiger partial charge in [0, 0.05) is 11.8 Å². The maximum atomic E-state index is 12.6. The van der Waals surface area contributed by atoms with Gasteiger partial charge in [-0.05, 0) is 55.0 Å². The molecule has 4 aromatic rings. The smallest absolute Gasteiger partial charge is 0.261 e. The number of amides is 1. The fourth-order valence-corrected chi connectivity index (χ4v) is 4.42. The quantitative estimate of drug-likeness (QED) is 0.376. The number of carbonyl (C=O) groups is 1. The lowest BCUT2D eigenvalue weighted by Gasteiger charge is -2.13. The predicted octanol–water partition coefficient (Wildman–Crippen LogP) is 5.11. The minimum Gasteiger partial charge on any atom is -0.507 e. The summed E-state index contributed by atoms with van der Waals surface area (Å²) in [5, 5.41) is 16.9. The minimum absolute atomic E-state index is 0.0681. The number of hydrogen-bond donors (Lipinski definition) is 3. The molecule has 0 radical (unpaired) electrons. The molecule has 0 aliphatic rings. The number of rotatable bonds is 4. The number of fused-ring (bicyclic) bond motifs is 1. The Hall–Kier alpha value is -3.49. The van der Waals surface area contributed by atoms with Crippen molar-refractivity contribution in [2.24, 2.45) is 0 Å². The molecule has 31 heavy (non-hydrogen) atoms. The van der Waals surface area contributed by atoms with Crippen LogP contribution in [0.3, 0.4) is 0 Å². The number of nitrogens with one attached hydrogen (secondary N) is 2. The van der Waals surface area contributed by atoms with Crippen molar-refractivity contribution >= 4 is 50.5 Å². The summed E-state index contributed by atoms with van der Waals surface area (Å²) in [6, 6.07) is 18.2. The van der Waals surface area contributed by atoms with E-state index in [0.717, 1.165) is 20.8 Å². The summed E-state index contributed by atoms with van der Waals surface area (Å²) in [6.07, 6.45) is 0. The first-order valence-corrected chi connectivity index (χ1v) is 10.6. The van der Waals surface area contributed by atoms with Gasteiger partial charge in [-0.3, -0.25) is 10.1 Å². The Labute approximate surface area is 188 Å². The Morgan fingerprint density at radius 1 is 1.13 bits per heavy atom. The fourth-order valence-electron chi connectivity index (χ4n) is 3.21. The zero-order valence-corrected chi connectivity index (χ0v) is 18.4. The average molecular weight is 450 g/mol. The van der Waals surface area contributed by atoms with E-state index in [2.05, 4.69) is 15.6 Å². The largest absolute Gasteiger partial charge is 0.507 e. The van der Waals surface area contributed by atoms with Gasteiger partial charge in [0.1, 0.15) is 16.5 Å². The van der Waals surface area contributed by atoms with E-state index in [9.17, 15) is 9.90 Å². The Bertz CT molecular complexity index is 1270. The Morgan fingerprint density at radius 3 is 2.68 bits per heavy atom. The number of carbonyl (C=O) groups excluding carboxylic acids is 1. The molecule has 1 amide bonds. The molecule has 4 rings (SSSR count). The van der Waals surface area contributed by atoms with Crippen molar-refractivity contribution in [3.05, 3.63) is 71.8 Å². The van der Waals surface area contributed by atoms with Gasteiger partial charge in [-0.15, -0.1) is 11.3 Å². The third-order valence-electron chi connectivity index (χ3n) is 4.67. The molecule has 0 unspecified atom stereocenters. The molecule has 1 heterocycles. The van der Waals surface area contributed by atoms with Crippen molar-refractivity contribution in [2.45, 2.75) is 6.92 Å². The summed E-state index contributed by atoms with van der Waals surface area (Å²) >= 11 is 6.77. The molecule has 0 atom stereocenters. The van der Waals surface area contributed by atoms with Crippen LogP contribution < -0.4 is 15.4 Å². The van der Waals surface area contributed by atoms with Crippen molar-refractivity contribution in [1.82, 2.24) is 10.3 Å². The van der Waals surface area contributed by atoms with Crippen LogP contribution in [0.2, 0.25) is 0 Å². The van der Waals surface area contributed by atoms with Crippen LogP contribution in [0, 0.1) is 6.92 Å². The van der Waals surface area contributed by atoms with Crippen LogP contribution in [-0.2, 0) is 0 Å². The molecule has 156 valence electrons. The third kappa shape index (κ3) is 4.35. The Morgan fingerprint density at radius 2 is 1.94 bits per heavy atom. The van der Waals surface area contributed by atoms with Crippen molar-refractivity contribution in [2.75, 3.05) is 12.4 Å². The van der Waals surface area contributed by atoms with E-state index in [0.29, 0.717) is 22.6 Å². The Kier molecular flexibility index (Phi) is 5.83. The molecular weight excluding hydrogens is 430 g/mol. The van der Waals surface area contributed by atoms with Gasteiger partial charge in [0.2, 0.25) is 0 Å². The number of anilines is 1. The van der Waals surface area contributed by atoms with Gasteiger partial charge in [-0.2, -0.15) is 0 Å². The molecule has 0 fully saturated rings. The number of hydrogen-bond acceptors (Lipinski definition) is 6. The van der Waals surface area contributed by atoms with E-state index < -0.39 is 0 Å². The van der Waals surface area contributed by atoms with Crippen LogP contribution in [0.1, 0.15) is 15.9 Å². The van der Waals surface area contributed by atoms with Gasteiger partial charge in [0.15, 0.2) is 5.11 Å². The molecule has 0 spiro atoms. The van der Waals surface area contributed by atoms with E-state index in [-0.39, 0.29) is 16.8 Å². The van der Waals surface area contributed by atoms with Crippen molar-refractivity contribution in [3.63, 3.8) is 0 Å². The molecule has 0 aliphatic heterocycles. The summed E-state index contributed by atoms with van der Waals surface area (Å²) in [5.74, 6) is 0.188. The van der Waals surface area contributed by atoms with Crippen LogP contribution in [0.5, 0.6) is 11.5 Å². The first-order valence-electron chi connectivity index (χ1n) is 9.41. The molecule has 3 N–H and O–H groups in total. The zero-order valence-electron chi connectivity index (χ0n) is 16.8. The lowest BCUT2D eigenvalue weighted by atomic mass is 10.1. The molecule has 0 aliphatic carbocycles. The number of ether oxygens (including phenoxy) is 1. The van der Waals surface area contributed by atoms with Gasteiger partial charge >= 0.3 is 0 Å². The van der Waals surface area contributed by atoms with E-state index in [1.165, 1.54) is 18.4 Å². The van der Waals surface area contributed by atoms with Crippen molar-refractivity contribution in [1.29, 1.82) is 0 Å². The number of phenols is 1. The summed E-state index contributed by atoms with van der Waals surface area (Å²) in [7, 11) is 1.52. The van der Waals surface area contributed by atoms with Gasteiger partial charge in [0.05, 0.1) is 28.5 Å². The van der Waals surface area contributed by atoms with Crippen LogP contribution >= 0.6 is 23.6 Å². The number of aromatic nitrogens is 1. The van der Waals surface area contributed by atoms with Gasteiger partial charge < -0.3 is 15.2 Å². The summed E-state index contributed by atoms with van der Waals surface area (Å²) in [4.78, 5) is 17.2. The van der Waals surface area contributed by atoms with Crippen LogP contribution in [0.4, 0.5) is 5.69 Å². The highest BCUT2D eigenvalue weighted by Gasteiger charge is 2.16. The summed E-state index contributed by atoms with van der Waals surface area (Å²) in [5.41, 5.74) is 3.31. The normalized spacial score (nSPS) is 10.6.